The van der Waals surface area contributed by atoms with Gasteiger partial charge in [0.1, 0.15) is 0 Å². The monoisotopic (exact) mass is 655 g/mol. The summed E-state index contributed by atoms with van der Waals surface area (Å²) < 4.78 is 24.7. The van der Waals surface area contributed by atoms with Crippen LogP contribution in [-0.4, -0.2) is 17.9 Å². The molecule has 0 aliphatic heterocycles. The van der Waals surface area contributed by atoms with E-state index in [1.165, 1.54) is 36.0 Å². The average Bonchev–Trinajstić information content (AvgIpc) is 3.15. The van der Waals surface area contributed by atoms with Crippen LogP contribution in [0.4, 0.5) is 4.39 Å². The van der Waals surface area contributed by atoms with Crippen molar-refractivity contribution in [1.29, 1.82) is 0 Å². The molecule has 4 heteroatoms. The molecule has 4 saturated carbocycles. The third-order valence-electron chi connectivity index (χ3n) is 11.0. The Morgan fingerprint density at radius 2 is 1.24 bits per heavy atom. The Labute approximate surface area is 259 Å². The van der Waals surface area contributed by atoms with Gasteiger partial charge in [-0.05, 0) is 11.1 Å². The minimum atomic E-state index is -2.90. The number of rotatable bonds is 6. The molecule has 4 atom stereocenters. The minimum absolute atomic E-state index is 0.0862. The van der Waals surface area contributed by atoms with E-state index in [1.54, 1.807) is 19.6 Å². The van der Waals surface area contributed by atoms with E-state index in [-0.39, 0.29) is 5.54 Å². The van der Waals surface area contributed by atoms with Gasteiger partial charge in [-0.3, -0.25) is 0 Å². The van der Waals surface area contributed by atoms with Crippen LogP contribution in [0.25, 0.3) is 11.1 Å². The number of alkyl halides is 1. The fourth-order valence-electron chi connectivity index (χ4n) is 9.61. The molecule has 4 bridgehead atoms. The number of hydrogen-bond donors (Lipinski definition) is 1. The van der Waals surface area contributed by atoms with Crippen molar-refractivity contribution in [3.63, 3.8) is 0 Å². The van der Waals surface area contributed by atoms with E-state index in [4.69, 9.17) is 0 Å². The van der Waals surface area contributed by atoms with Crippen molar-refractivity contribution in [3.05, 3.63) is 111 Å². The predicted octanol–water partition coefficient (Wildman–Crippen LogP) is 8.78. The number of benzene rings is 3. The van der Waals surface area contributed by atoms with Crippen LogP contribution in [0.1, 0.15) is 66.2 Å². The van der Waals surface area contributed by atoms with Gasteiger partial charge >= 0.3 is 189 Å². The first-order chi connectivity index (χ1) is 20.1. The van der Waals surface area contributed by atoms with Crippen molar-refractivity contribution in [2.75, 3.05) is 0 Å². The molecular weight excluding hydrogens is 609 g/mol. The summed E-state index contributed by atoms with van der Waals surface area (Å²) in [6, 6.07) is 32.1. The van der Waals surface area contributed by atoms with E-state index in [1.807, 2.05) is 12.1 Å². The van der Waals surface area contributed by atoms with Crippen molar-refractivity contribution in [3.8, 4) is 11.1 Å². The maximum absolute atomic E-state index is 15.8. The fraction of sp³-hybridized carbons (Fsp3) is 0.421. The smallest absolute Gasteiger partial charge is 0.0184 e. The summed E-state index contributed by atoms with van der Waals surface area (Å²) in [7, 11) is 0. The zero-order valence-electron chi connectivity index (χ0n) is 26.2. The van der Waals surface area contributed by atoms with Gasteiger partial charge in [-0.2, -0.15) is 0 Å². The summed E-state index contributed by atoms with van der Waals surface area (Å²) in [6.07, 6.45) is 6.22. The maximum atomic E-state index is 15.8. The minimum Gasteiger partial charge on any atom is -0.0622 e. The van der Waals surface area contributed by atoms with E-state index in [2.05, 4.69) is 114 Å². The topological polar surface area (TPSA) is 12.0 Å². The summed E-state index contributed by atoms with van der Waals surface area (Å²) in [4.78, 5) is 0. The van der Waals surface area contributed by atoms with Gasteiger partial charge < -0.3 is 0 Å². The van der Waals surface area contributed by atoms with E-state index in [0.717, 1.165) is 19.3 Å². The van der Waals surface area contributed by atoms with Gasteiger partial charge in [-0.15, -0.1) is 0 Å². The van der Waals surface area contributed by atoms with Crippen molar-refractivity contribution in [2.24, 2.45) is 17.8 Å². The van der Waals surface area contributed by atoms with Crippen LogP contribution in [0.5, 0.6) is 0 Å². The molecule has 3 aromatic rings. The van der Waals surface area contributed by atoms with Crippen LogP contribution < -0.4 is 8.45 Å². The standard InChI is InChI=1S/C12H10.C10H15FN.C9H13.C6H7Si.CH3.Zr/c1-3-7-11(8-4-1)12-9-5-2-6-10-12;11-9-2-7-1-8(3-9)5-10(12,4-7)6-9;1-6-5-7(2)9(4)8(6)3;7-6-4-2-1-3-5-6;;/h1-10H;7-8,12H,1-6H2;6H,1-4H3;1-5H,7H2;1H3;/q;-1;;;;+1. The molecule has 8 rings (SSSR count). The number of nitrogens with one attached hydrogen (secondary N) is 1. The molecule has 0 heterocycles. The van der Waals surface area contributed by atoms with Gasteiger partial charge in [-0.1, -0.05) is 60.7 Å². The average molecular weight is 657 g/mol. The van der Waals surface area contributed by atoms with Crippen molar-refractivity contribution in [1.82, 2.24) is 3.26 Å². The van der Waals surface area contributed by atoms with Crippen LogP contribution >= 0.6 is 0 Å². The summed E-state index contributed by atoms with van der Waals surface area (Å²) in [5, 5.41) is 1.60. The quantitative estimate of drug-likeness (QED) is 0.262. The molecular formula is C38H48FNSiZr. The Morgan fingerprint density at radius 1 is 0.738 bits per heavy atom. The van der Waals surface area contributed by atoms with Crippen LogP contribution in [0, 0.1) is 17.8 Å². The molecule has 3 aromatic carbocycles. The summed E-state index contributed by atoms with van der Waals surface area (Å²) >= 11 is -2.90. The Bertz CT molecular complexity index is 1420. The maximum Gasteiger partial charge on any atom is -0.0184 e. The van der Waals surface area contributed by atoms with Gasteiger partial charge in [-0.25, -0.2) is 0 Å². The molecule has 42 heavy (non-hydrogen) atoms. The van der Waals surface area contributed by atoms with E-state index in [9.17, 15) is 0 Å². The second-order valence-corrected chi connectivity index (χ2v) is 34.9. The van der Waals surface area contributed by atoms with Crippen molar-refractivity contribution in [2.45, 2.75) is 82.1 Å². The Hall–Kier alpha value is -1.87. The molecule has 220 valence electrons. The molecule has 1 N–H and O–H groups in total. The Balaban J connectivity index is 0.000000219. The van der Waals surface area contributed by atoms with E-state index < -0.39 is 32.0 Å². The summed E-state index contributed by atoms with van der Waals surface area (Å²) in [5.41, 5.74) is 6.43. The number of hydrogen-bond acceptors (Lipinski definition) is 1. The molecule has 0 radical (unpaired) electrons. The largest absolute Gasteiger partial charge is 0.0622 e. The first-order valence-electron chi connectivity index (χ1n) is 16.1. The molecule has 0 amide bonds. The molecule has 4 fully saturated rings. The first-order valence-corrected chi connectivity index (χ1v) is 27.6. The van der Waals surface area contributed by atoms with Crippen LogP contribution in [0.2, 0.25) is 4.63 Å². The SMILES string of the molecule is CC1=C(C)C(C)[C]([Zr]([CH3])([NH]C23CC4CC(CC(F)(C4)C2)C3)[SiH2]c2ccccc2)=C1C.c1ccc(-c2ccccc2)cc1. The second kappa shape index (κ2) is 11.9. The zero-order chi connectivity index (χ0) is 29.5. The van der Waals surface area contributed by atoms with Crippen LogP contribution in [-0.2, 0) is 19.7 Å². The molecule has 0 aromatic heterocycles. The number of halogens is 1. The third kappa shape index (κ3) is 6.06. The third-order valence-corrected chi connectivity index (χ3v) is 31.7. The van der Waals surface area contributed by atoms with Gasteiger partial charge in [0, 0.05) is 0 Å². The van der Waals surface area contributed by atoms with Crippen molar-refractivity contribution < 1.29 is 24.1 Å². The molecule has 5 aliphatic carbocycles. The number of allylic oxidation sites excluding steroid dienone is 4. The molecule has 4 unspecified atom stereocenters. The van der Waals surface area contributed by atoms with E-state index in [0.29, 0.717) is 17.8 Å². The van der Waals surface area contributed by atoms with Gasteiger partial charge in [0.05, 0.1) is 0 Å². The normalized spacial score (nSPS) is 31.4. The summed E-state index contributed by atoms with van der Waals surface area (Å²) in [6.45, 7) is 9.04. The van der Waals surface area contributed by atoms with Gasteiger partial charge in [0.25, 0.3) is 0 Å². The van der Waals surface area contributed by atoms with Crippen molar-refractivity contribution >= 4 is 11.8 Å². The first kappa shape index (κ1) is 30.2. The Kier molecular flexibility index (Phi) is 8.55. The fourth-order valence-corrected chi connectivity index (χ4v) is 35.9. The predicted molar refractivity (Wildman–Crippen MR) is 177 cm³/mol. The zero-order valence-corrected chi connectivity index (χ0v) is 30.1. The summed E-state index contributed by atoms with van der Waals surface area (Å²) in [5.74, 6) is 1.81. The molecule has 0 saturated heterocycles. The second-order valence-electron chi connectivity index (χ2n) is 14.3. The van der Waals surface area contributed by atoms with Crippen LogP contribution in [0.15, 0.2) is 111 Å². The Morgan fingerprint density at radius 3 is 1.69 bits per heavy atom. The molecule has 5 aliphatic rings. The van der Waals surface area contributed by atoms with E-state index >= 15 is 4.39 Å². The molecule has 1 nitrogen and oxygen atoms in total. The van der Waals surface area contributed by atoms with Gasteiger partial charge in [0.2, 0.25) is 0 Å². The van der Waals surface area contributed by atoms with Gasteiger partial charge in [0.15, 0.2) is 0 Å². The molecule has 0 spiro atoms. The van der Waals surface area contributed by atoms with Crippen LogP contribution in [0.3, 0.4) is 0 Å².